The molecule has 2 atom stereocenters. The third kappa shape index (κ3) is 4.23. The van der Waals surface area contributed by atoms with Gasteiger partial charge in [-0.1, -0.05) is 60.7 Å². The van der Waals surface area contributed by atoms with Crippen LogP contribution in [0.5, 0.6) is 0 Å². The van der Waals surface area contributed by atoms with E-state index in [0.717, 1.165) is 11.3 Å². The largest absolute Gasteiger partial charge is 0.467 e. The molecular weight excluding hydrogens is 334 g/mol. The smallest absolute Gasteiger partial charge is 0.328 e. The highest BCUT2D eigenvalue weighted by Crippen LogP contribution is 2.34. The normalized spacial score (nSPS) is 17.7. The first-order valence-electron chi connectivity index (χ1n) is 8.27. The number of amides is 1. The molecule has 0 aliphatic carbocycles. The number of methoxy groups -OCH3 is 1. The van der Waals surface area contributed by atoms with E-state index >= 15 is 0 Å². The van der Waals surface area contributed by atoms with Crippen molar-refractivity contribution in [3.63, 3.8) is 0 Å². The molecule has 1 saturated heterocycles. The molecule has 1 aliphatic heterocycles. The summed E-state index contributed by atoms with van der Waals surface area (Å²) in [5, 5.41) is 0.0144. The van der Waals surface area contributed by atoms with Crippen molar-refractivity contribution in [2.45, 2.75) is 30.0 Å². The first-order valence-corrected chi connectivity index (χ1v) is 9.32. The SMILES string of the molecule is COC(=O)C(Cc1ccccc1)N1C(=O)CC1SCc1ccccc1. The molecule has 5 heteroatoms. The molecule has 0 radical (unpaired) electrons. The Bertz CT molecular complexity index is 720. The number of carbonyl (C=O) groups excluding carboxylic acids is 2. The average Bonchev–Trinajstić information content (AvgIpc) is 2.65. The number of likely N-dealkylation sites (tertiary alicyclic amines) is 1. The predicted molar refractivity (Wildman–Crippen MR) is 98.9 cm³/mol. The van der Waals surface area contributed by atoms with Gasteiger partial charge in [0.15, 0.2) is 0 Å². The molecule has 0 bridgehead atoms. The fourth-order valence-electron chi connectivity index (χ4n) is 2.95. The Morgan fingerprint density at radius 2 is 1.72 bits per heavy atom. The van der Waals surface area contributed by atoms with Gasteiger partial charge in [-0.25, -0.2) is 4.79 Å². The van der Waals surface area contributed by atoms with E-state index < -0.39 is 6.04 Å². The lowest BCUT2D eigenvalue weighted by atomic mass is 10.0. The van der Waals surface area contributed by atoms with E-state index in [-0.39, 0.29) is 17.3 Å². The highest BCUT2D eigenvalue weighted by Gasteiger charge is 2.44. The second kappa shape index (κ2) is 8.21. The van der Waals surface area contributed by atoms with Gasteiger partial charge >= 0.3 is 5.97 Å². The first kappa shape index (κ1) is 17.5. The second-order valence-corrected chi connectivity index (χ2v) is 7.15. The van der Waals surface area contributed by atoms with E-state index in [2.05, 4.69) is 12.1 Å². The number of ether oxygens (including phenoxy) is 1. The maximum atomic E-state index is 12.3. The van der Waals surface area contributed by atoms with Crippen LogP contribution in [-0.2, 0) is 26.5 Å². The highest BCUT2D eigenvalue weighted by atomic mass is 32.2. The van der Waals surface area contributed by atoms with E-state index in [1.807, 2.05) is 48.5 Å². The zero-order valence-electron chi connectivity index (χ0n) is 14.1. The van der Waals surface area contributed by atoms with Gasteiger partial charge in [0.25, 0.3) is 0 Å². The molecule has 2 aromatic rings. The minimum Gasteiger partial charge on any atom is -0.467 e. The van der Waals surface area contributed by atoms with Crippen LogP contribution >= 0.6 is 11.8 Å². The van der Waals surface area contributed by atoms with Crippen LogP contribution in [0.4, 0.5) is 0 Å². The molecule has 3 rings (SSSR count). The summed E-state index contributed by atoms with van der Waals surface area (Å²) in [5.74, 6) is 0.466. The lowest BCUT2D eigenvalue weighted by Crippen LogP contribution is -2.59. The van der Waals surface area contributed by atoms with Crippen molar-refractivity contribution >= 4 is 23.6 Å². The van der Waals surface area contributed by atoms with E-state index in [1.54, 1.807) is 16.7 Å². The monoisotopic (exact) mass is 355 g/mol. The predicted octanol–water partition coefficient (Wildman–Crippen LogP) is 3.26. The van der Waals surface area contributed by atoms with Crippen LogP contribution in [0.25, 0.3) is 0 Å². The van der Waals surface area contributed by atoms with Gasteiger partial charge in [-0.3, -0.25) is 4.79 Å². The molecule has 0 aromatic heterocycles. The summed E-state index contributed by atoms with van der Waals surface area (Å²) in [6.07, 6.45) is 0.946. The fourth-order valence-corrected chi connectivity index (χ4v) is 4.21. The van der Waals surface area contributed by atoms with E-state index in [0.29, 0.717) is 12.8 Å². The van der Waals surface area contributed by atoms with Gasteiger partial charge in [-0.05, 0) is 11.1 Å². The Morgan fingerprint density at radius 3 is 2.28 bits per heavy atom. The average molecular weight is 355 g/mol. The topological polar surface area (TPSA) is 46.6 Å². The van der Waals surface area contributed by atoms with Crippen molar-refractivity contribution in [2.24, 2.45) is 0 Å². The molecule has 1 amide bonds. The summed E-state index contributed by atoms with van der Waals surface area (Å²) in [6, 6.07) is 19.3. The standard InChI is InChI=1S/C20H21NO3S/c1-24-20(23)17(12-15-8-4-2-5-9-15)21-18(22)13-19(21)25-14-16-10-6-3-7-11-16/h2-11,17,19H,12-14H2,1H3. The Balaban J connectivity index is 1.69. The van der Waals surface area contributed by atoms with Crippen molar-refractivity contribution in [3.8, 4) is 0 Å². The second-order valence-electron chi connectivity index (χ2n) is 5.99. The lowest BCUT2D eigenvalue weighted by molar-refractivity contribution is -0.159. The highest BCUT2D eigenvalue weighted by molar-refractivity contribution is 7.99. The molecule has 1 heterocycles. The molecule has 1 fully saturated rings. The van der Waals surface area contributed by atoms with Crippen molar-refractivity contribution in [1.82, 2.24) is 4.90 Å². The number of hydrogen-bond donors (Lipinski definition) is 0. The maximum absolute atomic E-state index is 12.3. The quantitative estimate of drug-likeness (QED) is 0.565. The Labute approximate surface area is 152 Å². The number of rotatable bonds is 7. The maximum Gasteiger partial charge on any atom is 0.328 e. The number of carbonyl (C=O) groups is 2. The van der Waals surface area contributed by atoms with Gasteiger partial charge in [-0.15, -0.1) is 11.8 Å². The third-order valence-corrected chi connectivity index (χ3v) is 5.59. The molecule has 0 spiro atoms. The van der Waals surface area contributed by atoms with Gasteiger partial charge in [0.2, 0.25) is 5.91 Å². The van der Waals surface area contributed by atoms with Crippen LogP contribution in [0.15, 0.2) is 60.7 Å². The van der Waals surface area contributed by atoms with E-state index in [1.165, 1.54) is 12.7 Å². The molecule has 2 aromatic carbocycles. The molecule has 1 aliphatic rings. The first-order chi connectivity index (χ1) is 12.2. The van der Waals surface area contributed by atoms with Crippen LogP contribution in [0.3, 0.4) is 0 Å². The molecular formula is C20H21NO3S. The zero-order valence-corrected chi connectivity index (χ0v) is 14.9. The molecule has 130 valence electrons. The molecule has 0 N–H and O–H groups in total. The number of benzene rings is 2. The summed E-state index contributed by atoms with van der Waals surface area (Å²) in [5.41, 5.74) is 2.23. The summed E-state index contributed by atoms with van der Waals surface area (Å²) < 4.78 is 4.96. The van der Waals surface area contributed by atoms with Crippen LogP contribution in [0.2, 0.25) is 0 Å². The van der Waals surface area contributed by atoms with Crippen LogP contribution < -0.4 is 0 Å². The number of nitrogens with zero attached hydrogens (tertiary/aromatic N) is 1. The van der Waals surface area contributed by atoms with Gasteiger partial charge < -0.3 is 9.64 Å². The van der Waals surface area contributed by atoms with Crippen LogP contribution in [0, 0.1) is 0 Å². The number of hydrogen-bond acceptors (Lipinski definition) is 4. The van der Waals surface area contributed by atoms with Crippen molar-refractivity contribution in [1.29, 1.82) is 0 Å². The summed E-state index contributed by atoms with van der Waals surface area (Å²) in [6.45, 7) is 0. The van der Waals surface area contributed by atoms with Gasteiger partial charge in [-0.2, -0.15) is 0 Å². The summed E-state index contributed by atoms with van der Waals surface area (Å²) in [4.78, 5) is 26.2. The van der Waals surface area contributed by atoms with Crippen LogP contribution in [0.1, 0.15) is 17.5 Å². The summed E-state index contributed by atoms with van der Waals surface area (Å²) in [7, 11) is 1.37. The molecule has 25 heavy (non-hydrogen) atoms. The van der Waals surface area contributed by atoms with Gasteiger partial charge in [0.1, 0.15) is 6.04 Å². The molecule has 0 saturated carbocycles. The van der Waals surface area contributed by atoms with Crippen LogP contribution in [-0.4, -0.2) is 35.3 Å². The molecule has 2 unspecified atom stereocenters. The van der Waals surface area contributed by atoms with Gasteiger partial charge in [0.05, 0.1) is 18.9 Å². The Morgan fingerprint density at radius 1 is 1.12 bits per heavy atom. The number of thioether (sulfide) groups is 1. The van der Waals surface area contributed by atoms with E-state index in [9.17, 15) is 9.59 Å². The Kier molecular flexibility index (Phi) is 5.76. The zero-order chi connectivity index (χ0) is 17.6. The fraction of sp³-hybridized carbons (Fsp3) is 0.300. The number of β-lactam (4-membered cyclic amide) rings is 1. The van der Waals surface area contributed by atoms with Gasteiger partial charge in [0, 0.05) is 12.2 Å². The minimum absolute atomic E-state index is 0.0110. The molecule has 4 nitrogen and oxygen atoms in total. The van der Waals surface area contributed by atoms with E-state index in [4.69, 9.17) is 4.74 Å². The lowest BCUT2D eigenvalue weighted by Gasteiger charge is -2.44. The Hall–Kier alpha value is -2.27. The number of esters is 1. The third-order valence-electron chi connectivity index (χ3n) is 4.31. The summed E-state index contributed by atoms with van der Waals surface area (Å²) >= 11 is 1.69. The van der Waals surface area contributed by atoms with Crippen molar-refractivity contribution < 1.29 is 14.3 Å². The van der Waals surface area contributed by atoms with Crippen molar-refractivity contribution in [2.75, 3.05) is 7.11 Å². The van der Waals surface area contributed by atoms with Crippen molar-refractivity contribution in [3.05, 3.63) is 71.8 Å². The minimum atomic E-state index is -0.568.